The number of nitriles is 1. The van der Waals surface area contributed by atoms with Crippen molar-refractivity contribution in [3.8, 4) is 6.07 Å². The van der Waals surface area contributed by atoms with Gasteiger partial charge in [-0.05, 0) is 49.9 Å². The molecule has 1 aliphatic heterocycles. The summed E-state index contributed by atoms with van der Waals surface area (Å²) in [6, 6.07) is 6.45. The lowest BCUT2D eigenvalue weighted by Gasteiger charge is -2.29. The number of carbonyl (C=O) groups is 2. The van der Waals surface area contributed by atoms with E-state index in [4.69, 9.17) is 26.7 Å². The lowest BCUT2D eigenvalue weighted by atomic mass is 10.1. The normalized spacial score (nSPS) is 20.9. The van der Waals surface area contributed by atoms with Crippen LogP contribution in [0.4, 0.5) is 4.79 Å². The van der Waals surface area contributed by atoms with Crippen molar-refractivity contribution in [1.29, 1.82) is 5.26 Å². The Labute approximate surface area is 186 Å². The first-order valence-electron chi connectivity index (χ1n) is 9.87. The molecule has 31 heavy (non-hydrogen) atoms. The lowest BCUT2D eigenvalue weighted by Crippen LogP contribution is -2.43. The molecular formula is C20H26ClN3O6S. The first-order chi connectivity index (χ1) is 14.7. The number of morpholine rings is 1. The van der Waals surface area contributed by atoms with Gasteiger partial charge in [-0.15, -0.1) is 0 Å². The van der Waals surface area contributed by atoms with Gasteiger partial charge in [0.1, 0.15) is 6.54 Å². The molecule has 11 heteroatoms. The van der Waals surface area contributed by atoms with E-state index in [-0.39, 0.29) is 18.4 Å². The molecule has 1 saturated heterocycles. The van der Waals surface area contributed by atoms with Crippen molar-refractivity contribution in [3.05, 3.63) is 28.8 Å². The molecule has 0 spiro atoms. The summed E-state index contributed by atoms with van der Waals surface area (Å²) in [5.41, 5.74) is 0.658. The molecule has 0 aromatic heterocycles. The number of nitrogens with zero attached hydrogens (tertiary/aromatic N) is 2. The number of hydrogen-bond acceptors (Lipinski definition) is 6. The highest BCUT2D eigenvalue weighted by atomic mass is 35.5. The van der Waals surface area contributed by atoms with Crippen LogP contribution in [0.1, 0.15) is 24.8 Å². The number of halogens is 1. The van der Waals surface area contributed by atoms with E-state index in [0.717, 1.165) is 0 Å². The second-order valence-corrected chi connectivity index (χ2v) is 9.97. The fraction of sp³-hybridized carbons (Fsp3) is 0.550. The van der Waals surface area contributed by atoms with Crippen LogP contribution in [0.5, 0.6) is 0 Å². The molecule has 0 radical (unpaired) electrons. The number of rotatable bonds is 4. The molecule has 0 bridgehead atoms. The molecule has 2 aliphatic rings. The second kappa shape index (κ2) is 11.3. The Morgan fingerprint density at radius 2 is 2.00 bits per heavy atom. The number of ether oxygens (including phenoxy) is 1. The molecule has 170 valence electrons. The molecule has 9 nitrogen and oxygen atoms in total. The van der Waals surface area contributed by atoms with Gasteiger partial charge >= 0.3 is 6.09 Å². The Morgan fingerprint density at radius 3 is 2.55 bits per heavy atom. The van der Waals surface area contributed by atoms with Crippen LogP contribution >= 0.6 is 11.6 Å². The Hall–Kier alpha value is -2.35. The molecule has 1 saturated carbocycles. The fourth-order valence-electron chi connectivity index (χ4n) is 3.71. The smallest absolute Gasteiger partial charge is 0.405 e. The van der Waals surface area contributed by atoms with Crippen molar-refractivity contribution in [1.82, 2.24) is 10.2 Å². The van der Waals surface area contributed by atoms with E-state index in [1.165, 1.54) is 0 Å². The van der Waals surface area contributed by atoms with E-state index in [2.05, 4.69) is 0 Å². The average molecular weight is 472 g/mol. The highest BCUT2D eigenvalue weighted by molar-refractivity contribution is 7.92. The summed E-state index contributed by atoms with van der Waals surface area (Å²) in [4.78, 5) is 24.2. The maximum Gasteiger partial charge on any atom is 0.405 e. The Bertz CT molecular complexity index is 941. The van der Waals surface area contributed by atoms with Crippen LogP contribution in [0.2, 0.25) is 5.02 Å². The van der Waals surface area contributed by atoms with Crippen LogP contribution in [0.15, 0.2) is 23.1 Å². The largest absolute Gasteiger partial charge is 0.465 e. The van der Waals surface area contributed by atoms with Gasteiger partial charge in [-0.2, -0.15) is 5.26 Å². The lowest BCUT2D eigenvalue weighted by molar-refractivity contribution is -0.139. The van der Waals surface area contributed by atoms with E-state index < -0.39 is 21.2 Å². The zero-order valence-corrected chi connectivity index (χ0v) is 18.8. The summed E-state index contributed by atoms with van der Waals surface area (Å²) in [5, 5.41) is 17.4. The number of benzene rings is 1. The van der Waals surface area contributed by atoms with E-state index >= 15 is 0 Å². The molecule has 2 fully saturated rings. The van der Waals surface area contributed by atoms with Crippen molar-refractivity contribution in [2.24, 2.45) is 5.92 Å². The summed E-state index contributed by atoms with van der Waals surface area (Å²) in [6.45, 7) is 3.93. The van der Waals surface area contributed by atoms with Crippen molar-refractivity contribution in [2.45, 2.75) is 36.3 Å². The van der Waals surface area contributed by atoms with E-state index in [0.29, 0.717) is 61.0 Å². The zero-order valence-electron chi connectivity index (χ0n) is 17.2. The van der Waals surface area contributed by atoms with Crippen LogP contribution < -0.4 is 5.32 Å². The third kappa shape index (κ3) is 6.82. The topological polar surface area (TPSA) is 137 Å². The Kier molecular flexibility index (Phi) is 9.10. The molecule has 2 amide bonds. The number of hydrogen-bond donors (Lipinski definition) is 2. The molecule has 0 unspecified atom stereocenters. The molecule has 2 N–H and O–H groups in total. The Morgan fingerprint density at radius 1 is 1.32 bits per heavy atom. The van der Waals surface area contributed by atoms with E-state index in [9.17, 15) is 18.0 Å². The van der Waals surface area contributed by atoms with Gasteiger partial charge in [0.25, 0.3) is 0 Å². The SMILES string of the molecule is Cc1cc(Cl)ccc1S(=O)(=O)[C@@H]1CC[C@@H](C(=O)N2CCOCC2)C1.N#CCNC(=O)O. The van der Waals surface area contributed by atoms with Crippen molar-refractivity contribution >= 4 is 33.4 Å². The number of carbonyl (C=O) groups excluding carboxylic acids is 1. The highest BCUT2D eigenvalue weighted by Gasteiger charge is 2.40. The van der Waals surface area contributed by atoms with Crippen LogP contribution in [0, 0.1) is 24.2 Å². The summed E-state index contributed by atoms with van der Waals surface area (Å²) < 4.78 is 31.1. The van der Waals surface area contributed by atoms with Gasteiger partial charge in [0.15, 0.2) is 9.84 Å². The number of nitrogens with one attached hydrogen (secondary N) is 1. The maximum atomic E-state index is 12.9. The van der Waals surface area contributed by atoms with Crippen LogP contribution in [-0.2, 0) is 19.4 Å². The van der Waals surface area contributed by atoms with Gasteiger partial charge in [-0.3, -0.25) is 4.79 Å². The van der Waals surface area contributed by atoms with Crippen LogP contribution in [0.3, 0.4) is 0 Å². The minimum Gasteiger partial charge on any atom is -0.465 e. The van der Waals surface area contributed by atoms with Gasteiger partial charge in [0.05, 0.1) is 29.4 Å². The third-order valence-corrected chi connectivity index (χ3v) is 7.87. The minimum absolute atomic E-state index is 0.0730. The third-order valence-electron chi connectivity index (χ3n) is 5.26. The summed E-state index contributed by atoms with van der Waals surface area (Å²) in [6.07, 6.45) is 0.403. The molecule has 1 aliphatic carbocycles. The number of amides is 2. The van der Waals surface area contributed by atoms with Crippen molar-refractivity contribution in [2.75, 3.05) is 32.8 Å². The number of aryl methyl sites for hydroxylation is 1. The zero-order chi connectivity index (χ0) is 23.0. The maximum absolute atomic E-state index is 12.9. The van der Waals surface area contributed by atoms with Crippen LogP contribution in [-0.4, -0.2) is 68.5 Å². The van der Waals surface area contributed by atoms with Gasteiger partial charge in [-0.25, -0.2) is 13.2 Å². The fourth-order valence-corrected chi connectivity index (χ4v) is 6.00. The van der Waals surface area contributed by atoms with Gasteiger partial charge in [0.2, 0.25) is 5.91 Å². The van der Waals surface area contributed by atoms with Gasteiger partial charge < -0.3 is 20.1 Å². The second-order valence-electron chi connectivity index (χ2n) is 7.34. The molecule has 1 heterocycles. The summed E-state index contributed by atoms with van der Waals surface area (Å²) >= 11 is 5.92. The highest BCUT2D eigenvalue weighted by Crippen LogP contribution is 2.36. The predicted molar refractivity (Wildman–Crippen MR) is 114 cm³/mol. The number of carboxylic acid groups (broad SMARTS) is 1. The van der Waals surface area contributed by atoms with E-state index in [1.54, 1.807) is 36.1 Å². The monoisotopic (exact) mass is 471 g/mol. The molecule has 3 rings (SSSR count). The van der Waals surface area contributed by atoms with E-state index in [1.807, 2.05) is 5.32 Å². The molecule has 1 aromatic carbocycles. The summed E-state index contributed by atoms with van der Waals surface area (Å²) in [5.74, 6) is -0.126. The van der Waals surface area contributed by atoms with Crippen molar-refractivity contribution < 1.29 is 27.9 Å². The first kappa shape index (κ1) is 24.9. The average Bonchev–Trinajstić information content (AvgIpc) is 3.23. The predicted octanol–water partition coefficient (Wildman–Crippen LogP) is 2.23. The molecule has 2 atom stereocenters. The Balaban J connectivity index is 0.000000423. The minimum atomic E-state index is -3.44. The summed E-state index contributed by atoms with van der Waals surface area (Å²) in [7, 11) is -3.44. The van der Waals surface area contributed by atoms with Crippen molar-refractivity contribution in [3.63, 3.8) is 0 Å². The first-order valence-corrected chi connectivity index (χ1v) is 11.8. The number of sulfone groups is 1. The van der Waals surface area contributed by atoms with Gasteiger partial charge in [0, 0.05) is 24.0 Å². The molecular weight excluding hydrogens is 446 g/mol. The standard InChI is InChI=1S/C17H22ClNO4S.C3H4N2O2/c1-12-10-14(18)3-5-16(12)24(21,22)15-4-2-13(11-15)17(20)19-6-8-23-9-7-19;4-1-2-5-3(6)7/h3,5,10,13,15H,2,4,6-9,11H2,1H3;5H,2H2,(H,6,7)/t13-,15-;/m1./s1. The molecule has 1 aromatic rings. The van der Waals surface area contributed by atoms with Crippen LogP contribution in [0.25, 0.3) is 0 Å². The van der Waals surface area contributed by atoms with Gasteiger partial charge in [-0.1, -0.05) is 11.6 Å². The quantitative estimate of drug-likeness (QED) is 0.642.